The van der Waals surface area contributed by atoms with E-state index in [0.29, 0.717) is 5.56 Å². The van der Waals surface area contributed by atoms with E-state index in [1.165, 1.54) is 10.5 Å². The van der Waals surface area contributed by atoms with Gasteiger partial charge in [-0.1, -0.05) is 48.5 Å². The van der Waals surface area contributed by atoms with Crippen molar-refractivity contribution >= 4 is 11.6 Å². The molecular weight excluding hydrogens is 314 g/mol. The Morgan fingerprint density at radius 2 is 1.64 bits per heavy atom. The van der Waals surface area contributed by atoms with Gasteiger partial charge >= 0.3 is 0 Å². The molecule has 25 heavy (non-hydrogen) atoms. The van der Waals surface area contributed by atoms with Gasteiger partial charge < -0.3 is 9.64 Å². The van der Waals surface area contributed by atoms with Crippen molar-refractivity contribution in [2.45, 2.75) is 13.0 Å². The molecule has 130 valence electrons. The van der Waals surface area contributed by atoms with Crippen molar-refractivity contribution in [2.75, 3.05) is 26.3 Å². The summed E-state index contributed by atoms with van der Waals surface area (Å²) in [4.78, 5) is 13.6. The molecule has 1 saturated heterocycles. The Bertz CT molecular complexity index is 710. The van der Waals surface area contributed by atoms with Crippen molar-refractivity contribution in [1.29, 1.82) is 0 Å². The van der Waals surface area contributed by atoms with Gasteiger partial charge in [0.15, 0.2) is 6.04 Å². The molecule has 2 N–H and O–H groups in total. The van der Waals surface area contributed by atoms with Crippen LogP contribution in [-0.2, 0) is 4.74 Å². The number of benzene rings is 2. The number of hydrazone groups is 1. The van der Waals surface area contributed by atoms with E-state index < -0.39 is 0 Å². The number of hydrogen-bond donors (Lipinski definition) is 2. The van der Waals surface area contributed by atoms with Crippen LogP contribution in [0.4, 0.5) is 0 Å². The van der Waals surface area contributed by atoms with E-state index >= 15 is 0 Å². The van der Waals surface area contributed by atoms with Crippen LogP contribution < -0.4 is 10.3 Å². The normalized spacial score (nSPS) is 17.1. The Hall–Kier alpha value is -2.50. The molecule has 1 atom stereocenters. The van der Waals surface area contributed by atoms with Crippen molar-refractivity contribution in [2.24, 2.45) is 5.10 Å². The van der Waals surface area contributed by atoms with Crippen LogP contribution in [0.5, 0.6) is 0 Å². The maximum atomic E-state index is 12.2. The fraction of sp³-hybridized carbons (Fsp3) is 0.300. The molecule has 0 aromatic heterocycles. The maximum absolute atomic E-state index is 12.2. The van der Waals surface area contributed by atoms with Crippen LogP contribution in [0.15, 0.2) is 65.8 Å². The first-order valence-corrected chi connectivity index (χ1v) is 8.62. The largest absolute Gasteiger partial charge is 0.370 e. The van der Waals surface area contributed by atoms with Gasteiger partial charge in [0, 0.05) is 11.1 Å². The van der Waals surface area contributed by atoms with Gasteiger partial charge in [0.1, 0.15) is 13.1 Å². The lowest BCUT2D eigenvalue weighted by atomic mass is 10.0. The fourth-order valence-electron chi connectivity index (χ4n) is 3.20. The number of carbonyl (C=O) groups excluding carboxylic acids is 1. The van der Waals surface area contributed by atoms with Crippen LogP contribution in [0.25, 0.3) is 0 Å². The number of hydrogen-bond acceptors (Lipinski definition) is 3. The van der Waals surface area contributed by atoms with E-state index in [9.17, 15) is 4.79 Å². The zero-order chi connectivity index (χ0) is 17.5. The quantitative estimate of drug-likeness (QED) is 0.640. The Balaban J connectivity index is 1.78. The predicted octanol–water partition coefficient (Wildman–Crippen LogP) is 1.45. The summed E-state index contributed by atoms with van der Waals surface area (Å²) in [7, 11) is 0. The number of morpholine rings is 1. The summed E-state index contributed by atoms with van der Waals surface area (Å²) >= 11 is 0. The third-order valence-corrected chi connectivity index (χ3v) is 4.46. The van der Waals surface area contributed by atoms with Gasteiger partial charge in [-0.15, -0.1) is 0 Å². The van der Waals surface area contributed by atoms with E-state index in [-0.39, 0.29) is 11.9 Å². The highest BCUT2D eigenvalue weighted by Gasteiger charge is 2.29. The number of quaternary nitrogens is 1. The zero-order valence-corrected chi connectivity index (χ0v) is 14.4. The molecule has 5 nitrogen and oxygen atoms in total. The molecule has 1 aliphatic heterocycles. The molecule has 0 unspecified atom stereocenters. The minimum absolute atomic E-state index is 0.112. The molecule has 0 aliphatic carbocycles. The average Bonchev–Trinajstić information content (AvgIpc) is 2.69. The second kappa shape index (κ2) is 8.55. The summed E-state index contributed by atoms with van der Waals surface area (Å²) in [6, 6.07) is 19.6. The molecule has 0 radical (unpaired) electrons. The Morgan fingerprint density at radius 3 is 2.28 bits per heavy atom. The minimum atomic E-state index is -0.191. The van der Waals surface area contributed by atoms with E-state index in [4.69, 9.17) is 4.74 Å². The van der Waals surface area contributed by atoms with Crippen LogP contribution in [0, 0.1) is 0 Å². The van der Waals surface area contributed by atoms with Gasteiger partial charge in [-0.2, -0.15) is 5.10 Å². The van der Waals surface area contributed by atoms with E-state index in [1.807, 2.05) is 43.3 Å². The van der Waals surface area contributed by atoms with Crippen molar-refractivity contribution < 1.29 is 14.4 Å². The Kier molecular flexibility index (Phi) is 5.93. The molecule has 3 rings (SSSR count). The summed E-state index contributed by atoms with van der Waals surface area (Å²) in [5.74, 6) is -0.191. The number of nitrogens with zero attached hydrogens (tertiary/aromatic N) is 1. The molecule has 0 bridgehead atoms. The maximum Gasteiger partial charge on any atom is 0.271 e. The van der Waals surface area contributed by atoms with E-state index in [2.05, 4.69) is 22.7 Å². The minimum Gasteiger partial charge on any atom is -0.370 e. The second-order valence-electron chi connectivity index (χ2n) is 6.17. The lowest BCUT2D eigenvalue weighted by molar-refractivity contribution is -0.928. The van der Waals surface area contributed by atoms with Crippen LogP contribution in [-0.4, -0.2) is 37.9 Å². The highest BCUT2D eigenvalue weighted by atomic mass is 16.5. The molecule has 2 aromatic rings. The fourth-order valence-corrected chi connectivity index (χ4v) is 3.20. The zero-order valence-electron chi connectivity index (χ0n) is 14.4. The molecule has 5 heteroatoms. The molecule has 0 saturated carbocycles. The average molecular weight is 338 g/mol. The summed E-state index contributed by atoms with van der Waals surface area (Å²) < 4.78 is 5.49. The predicted molar refractivity (Wildman–Crippen MR) is 97.7 cm³/mol. The summed E-state index contributed by atoms with van der Waals surface area (Å²) in [6.07, 6.45) is 0. The number of rotatable bonds is 5. The molecule has 1 fully saturated rings. The van der Waals surface area contributed by atoms with Gasteiger partial charge in [-0.25, -0.2) is 5.43 Å². The van der Waals surface area contributed by atoms with Gasteiger partial charge in [-0.3, -0.25) is 4.79 Å². The van der Waals surface area contributed by atoms with Gasteiger partial charge in [-0.05, 0) is 19.1 Å². The topological polar surface area (TPSA) is 55.1 Å². The molecule has 1 amide bonds. The number of nitrogens with one attached hydrogen (secondary N) is 2. The molecule has 2 aromatic carbocycles. The van der Waals surface area contributed by atoms with Crippen molar-refractivity contribution in [3.8, 4) is 0 Å². The lowest BCUT2D eigenvalue weighted by Crippen LogP contribution is -3.15. The Morgan fingerprint density at radius 1 is 1.04 bits per heavy atom. The van der Waals surface area contributed by atoms with E-state index in [1.54, 1.807) is 12.1 Å². The SMILES string of the molecule is C/C(=N/NC(=O)c1ccccc1)[C@@H](c1ccccc1)[NH+]1CCOCC1. The van der Waals surface area contributed by atoms with Gasteiger partial charge in [0.25, 0.3) is 5.91 Å². The number of ether oxygens (including phenoxy) is 1. The van der Waals surface area contributed by atoms with Crippen LogP contribution in [0.1, 0.15) is 28.9 Å². The van der Waals surface area contributed by atoms with Crippen LogP contribution >= 0.6 is 0 Å². The first-order chi connectivity index (χ1) is 12.3. The van der Waals surface area contributed by atoms with Crippen molar-refractivity contribution in [1.82, 2.24) is 5.43 Å². The number of amides is 1. The van der Waals surface area contributed by atoms with Crippen molar-refractivity contribution in [3.05, 3.63) is 71.8 Å². The van der Waals surface area contributed by atoms with Crippen molar-refractivity contribution in [3.63, 3.8) is 0 Å². The first-order valence-electron chi connectivity index (χ1n) is 8.62. The van der Waals surface area contributed by atoms with E-state index in [0.717, 1.165) is 32.0 Å². The summed E-state index contributed by atoms with van der Waals surface area (Å²) in [5.41, 5.74) is 5.40. The second-order valence-corrected chi connectivity index (χ2v) is 6.17. The standard InChI is InChI=1S/C20H23N3O2/c1-16(21-22-20(24)18-10-6-3-7-11-18)19(17-8-4-2-5-9-17)23-12-14-25-15-13-23/h2-11,19H,12-15H2,1H3,(H,22,24)/p+1/b21-16-/t19-/m0/s1. The summed E-state index contributed by atoms with van der Waals surface area (Å²) in [6.45, 7) is 5.34. The highest BCUT2D eigenvalue weighted by molar-refractivity contribution is 5.95. The number of carbonyl (C=O) groups is 1. The van der Waals surface area contributed by atoms with Gasteiger partial charge in [0.05, 0.1) is 18.9 Å². The van der Waals surface area contributed by atoms with Crippen LogP contribution in [0.3, 0.4) is 0 Å². The smallest absolute Gasteiger partial charge is 0.271 e. The molecule has 0 spiro atoms. The Labute approximate surface area is 148 Å². The lowest BCUT2D eigenvalue weighted by Gasteiger charge is -2.31. The van der Waals surface area contributed by atoms with Gasteiger partial charge in [0.2, 0.25) is 0 Å². The first kappa shape index (κ1) is 17.3. The summed E-state index contributed by atoms with van der Waals surface area (Å²) in [5, 5.41) is 4.41. The highest BCUT2D eigenvalue weighted by Crippen LogP contribution is 2.12. The third kappa shape index (κ3) is 4.53. The molecule has 1 aliphatic rings. The monoisotopic (exact) mass is 338 g/mol. The molecular formula is C20H24N3O2+. The third-order valence-electron chi connectivity index (χ3n) is 4.46. The molecule has 1 heterocycles. The van der Waals surface area contributed by atoms with Crippen LogP contribution in [0.2, 0.25) is 0 Å².